The lowest BCUT2D eigenvalue weighted by molar-refractivity contribution is 0.822. The summed E-state index contributed by atoms with van der Waals surface area (Å²) in [5, 5.41) is 11.4. The van der Waals surface area contributed by atoms with Crippen molar-refractivity contribution in [3.63, 3.8) is 0 Å². The Kier molecular flexibility index (Phi) is 3.55. The molecule has 1 aromatic rings. The number of nitriles is 1. The highest BCUT2D eigenvalue weighted by Gasteiger charge is 2.04. The second kappa shape index (κ2) is 4.73. The summed E-state index contributed by atoms with van der Waals surface area (Å²) in [6.45, 7) is 3.76. The number of nitrogens with zero attached hydrogens (tertiary/aromatic N) is 3. The van der Waals surface area contributed by atoms with Gasteiger partial charge in [0.2, 0.25) is 0 Å². The monoisotopic (exact) mass is 181 g/mol. The smallest absolute Gasteiger partial charge is 0.185 e. The van der Waals surface area contributed by atoms with Crippen molar-refractivity contribution in [2.45, 2.75) is 13.3 Å². The summed E-state index contributed by atoms with van der Waals surface area (Å²) in [4.78, 5) is 6.28. The van der Waals surface area contributed by atoms with E-state index in [1.165, 1.54) is 0 Å². The van der Waals surface area contributed by atoms with Crippen LogP contribution in [-0.2, 0) is 0 Å². The molecule has 0 saturated heterocycles. The molecular weight excluding hydrogens is 170 g/mol. The third kappa shape index (κ3) is 2.21. The van der Waals surface area contributed by atoms with Gasteiger partial charge in [-0.25, -0.2) is 4.98 Å². The van der Waals surface area contributed by atoms with Crippen LogP contribution < -0.4 is 4.90 Å². The van der Waals surface area contributed by atoms with Gasteiger partial charge in [0.15, 0.2) is 5.13 Å². The lowest BCUT2D eigenvalue weighted by Crippen LogP contribution is -2.23. The molecule has 0 bridgehead atoms. The van der Waals surface area contributed by atoms with Crippen molar-refractivity contribution < 1.29 is 0 Å². The predicted molar refractivity (Wildman–Crippen MR) is 50.2 cm³/mol. The predicted octanol–water partition coefficient (Wildman–Crippen LogP) is 1.88. The van der Waals surface area contributed by atoms with Crippen molar-refractivity contribution >= 4 is 16.5 Å². The maximum absolute atomic E-state index is 8.41. The molecule has 1 rings (SSSR count). The first-order valence-corrected chi connectivity index (χ1v) is 4.77. The molecule has 1 heterocycles. The Morgan fingerprint density at radius 1 is 1.75 bits per heavy atom. The third-order valence-electron chi connectivity index (χ3n) is 1.57. The minimum Gasteiger partial charge on any atom is -0.347 e. The Balaban J connectivity index is 2.52. The van der Waals surface area contributed by atoms with E-state index in [0.29, 0.717) is 6.42 Å². The van der Waals surface area contributed by atoms with Crippen LogP contribution in [0.3, 0.4) is 0 Å². The first kappa shape index (κ1) is 9.01. The number of hydrogen-bond acceptors (Lipinski definition) is 4. The van der Waals surface area contributed by atoms with Crippen LogP contribution in [0, 0.1) is 11.3 Å². The zero-order valence-corrected chi connectivity index (χ0v) is 7.84. The topological polar surface area (TPSA) is 39.9 Å². The van der Waals surface area contributed by atoms with Crippen molar-refractivity contribution in [3.05, 3.63) is 11.6 Å². The average Bonchev–Trinajstić information content (AvgIpc) is 2.59. The van der Waals surface area contributed by atoms with Gasteiger partial charge in [0.05, 0.1) is 12.5 Å². The second-order valence-corrected chi connectivity index (χ2v) is 3.18. The van der Waals surface area contributed by atoms with Crippen LogP contribution in [0.15, 0.2) is 11.6 Å². The highest BCUT2D eigenvalue weighted by molar-refractivity contribution is 7.13. The molecule has 0 aliphatic heterocycles. The Labute approximate surface area is 76.3 Å². The van der Waals surface area contributed by atoms with Crippen LogP contribution in [-0.4, -0.2) is 18.1 Å². The first-order valence-electron chi connectivity index (χ1n) is 3.90. The van der Waals surface area contributed by atoms with E-state index in [0.717, 1.165) is 18.2 Å². The summed E-state index contributed by atoms with van der Waals surface area (Å²) >= 11 is 1.61. The molecular formula is C8H11N3S. The van der Waals surface area contributed by atoms with Crippen LogP contribution in [0.2, 0.25) is 0 Å². The van der Waals surface area contributed by atoms with Gasteiger partial charge in [-0.3, -0.25) is 0 Å². The van der Waals surface area contributed by atoms with Gasteiger partial charge in [0.25, 0.3) is 0 Å². The Morgan fingerprint density at radius 3 is 3.08 bits per heavy atom. The van der Waals surface area contributed by atoms with E-state index in [-0.39, 0.29) is 0 Å². The number of rotatable bonds is 4. The fourth-order valence-electron chi connectivity index (χ4n) is 0.946. The molecule has 0 amide bonds. The summed E-state index contributed by atoms with van der Waals surface area (Å²) in [7, 11) is 0. The van der Waals surface area contributed by atoms with Crippen LogP contribution in [0.25, 0.3) is 0 Å². The number of thiazole rings is 1. The molecule has 0 atom stereocenters. The summed E-state index contributed by atoms with van der Waals surface area (Å²) in [5.41, 5.74) is 0. The highest BCUT2D eigenvalue weighted by Crippen LogP contribution is 2.16. The van der Waals surface area contributed by atoms with Gasteiger partial charge in [-0.15, -0.1) is 11.3 Å². The van der Waals surface area contributed by atoms with Gasteiger partial charge < -0.3 is 4.90 Å². The second-order valence-electron chi connectivity index (χ2n) is 2.30. The van der Waals surface area contributed by atoms with Crippen LogP contribution >= 0.6 is 11.3 Å². The maximum Gasteiger partial charge on any atom is 0.185 e. The summed E-state index contributed by atoms with van der Waals surface area (Å²) < 4.78 is 0. The van der Waals surface area contributed by atoms with E-state index in [4.69, 9.17) is 5.26 Å². The highest BCUT2D eigenvalue weighted by atomic mass is 32.1. The summed E-state index contributed by atoms with van der Waals surface area (Å²) in [6, 6.07) is 2.13. The summed E-state index contributed by atoms with van der Waals surface area (Å²) in [5.74, 6) is 0. The van der Waals surface area contributed by atoms with Gasteiger partial charge >= 0.3 is 0 Å². The van der Waals surface area contributed by atoms with Crippen molar-refractivity contribution in [1.82, 2.24) is 4.98 Å². The molecule has 0 radical (unpaired) electrons. The van der Waals surface area contributed by atoms with E-state index in [1.807, 2.05) is 5.38 Å². The molecule has 0 saturated carbocycles. The first-order chi connectivity index (χ1) is 5.88. The molecule has 3 nitrogen and oxygen atoms in total. The van der Waals surface area contributed by atoms with Crippen molar-refractivity contribution in [1.29, 1.82) is 5.26 Å². The van der Waals surface area contributed by atoms with E-state index < -0.39 is 0 Å². The number of hydrogen-bond donors (Lipinski definition) is 0. The van der Waals surface area contributed by atoms with E-state index >= 15 is 0 Å². The van der Waals surface area contributed by atoms with E-state index in [1.54, 1.807) is 17.5 Å². The molecule has 12 heavy (non-hydrogen) atoms. The Bertz CT molecular complexity index is 250. The Morgan fingerprint density at radius 2 is 2.58 bits per heavy atom. The molecule has 4 heteroatoms. The van der Waals surface area contributed by atoms with Crippen molar-refractivity contribution in [3.8, 4) is 6.07 Å². The van der Waals surface area contributed by atoms with Gasteiger partial charge in [0, 0.05) is 24.7 Å². The molecule has 0 aliphatic carbocycles. The quantitative estimate of drug-likeness (QED) is 0.712. The minimum absolute atomic E-state index is 0.563. The fourth-order valence-corrected chi connectivity index (χ4v) is 1.68. The average molecular weight is 181 g/mol. The molecule has 0 spiro atoms. The van der Waals surface area contributed by atoms with Crippen molar-refractivity contribution in [2.24, 2.45) is 0 Å². The largest absolute Gasteiger partial charge is 0.347 e. The van der Waals surface area contributed by atoms with Crippen LogP contribution in [0.4, 0.5) is 5.13 Å². The zero-order valence-electron chi connectivity index (χ0n) is 7.03. The molecule has 0 aromatic carbocycles. The molecule has 0 unspecified atom stereocenters. The lowest BCUT2D eigenvalue weighted by atomic mass is 10.4. The van der Waals surface area contributed by atoms with Crippen molar-refractivity contribution in [2.75, 3.05) is 18.0 Å². The maximum atomic E-state index is 8.41. The van der Waals surface area contributed by atoms with Gasteiger partial charge in [-0.05, 0) is 6.92 Å². The molecule has 1 aromatic heterocycles. The van der Waals surface area contributed by atoms with Gasteiger partial charge in [-0.1, -0.05) is 0 Å². The minimum atomic E-state index is 0.563. The van der Waals surface area contributed by atoms with Crippen LogP contribution in [0.5, 0.6) is 0 Å². The van der Waals surface area contributed by atoms with Gasteiger partial charge in [-0.2, -0.15) is 5.26 Å². The molecule has 0 fully saturated rings. The van der Waals surface area contributed by atoms with E-state index in [9.17, 15) is 0 Å². The molecule has 0 aliphatic rings. The molecule has 64 valence electrons. The normalized spacial score (nSPS) is 9.33. The standard InChI is InChI=1S/C8H11N3S/c1-2-11(6-3-4-9)8-10-5-7-12-8/h5,7H,2-3,6H2,1H3. The fraction of sp³-hybridized carbons (Fsp3) is 0.500. The number of aromatic nitrogens is 1. The van der Waals surface area contributed by atoms with Crippen LogP contribution in [0.1, 0.15) is 13.3 Å². The van der Waals surface area contributed by atoms with E-state index in [2.05, 4.69) is 22.9 Å². The zero-order chi connectivity index (χ0) is 8.81. The van der Waals surface area contributed by atoms with Gasteiger partial charge in [0.1, 0.15) is 0 Å². The Hall–Kier alpha value is -1.08. The SMILES string of the molecule is CCN(CCC#N)c1nccs1. The summed E-state index contributed by atoms with van der Waals surface area (Å²) in [6.07, 6.45) is 2.35. The third-order valence-corrected chi connectivity index (χ3v) is 2.40. The lowest BCUT2D eigenvalue weighted by Gasteiger charge is -2.17. The molecule has 0 N–H and O–H groups in total. The number of anilines is 1.